The molecule has 0 unspecified atom stereocenters. The number of nitriles is 1. The summed E-state index contributed by atoms with van der Waals surface area (Å²) in [5.41, 5.74) is 2.45. The van der Waals surface area contributed by atoms with E-state index in [1.807, 2.05) is 18.2 Å². The second kappa shape index (κ2) is 7.66. The maximum atomic E-state index is 12.1. The maximum absolute atomic E-state index is 12.1. The van der Waals surface area contributed by atoms with Crippen molar-refractivity contribution in [3.63, 3.8) is 0 Å². The van der Waals surface area contributed by atoms with Crippen LogP contribution >= 0.6 is 0 Å². The number of benzene rings is 1. The Morgan fingerprint density at radius 1 is 1.12 bits per heavy atom. The first-order valence-electron chi connectivity index (χ1n) is 7.51. The van der Waals surface area contributed by atoms with Gasteiger partial charge in [-0.1, -0.05) is 6.07 Å². The number of rotatable bonds is 5. The van der Waals surface area contributed by atoms with Gasteiger partial charge in [0.05, 0.1) is 24.0 Å². The molecule has 2 N–H and O–H groups in total. The zero-order valence-electron chi connectivity index (χ0n) is 13.2. The van der Waals surface area contributed by atoms with Crippen LogP contribution in [-0.2, 0) is 6.54 Å². The van der Waals surface area contributed by atoms with Gasteiger partial charge < -0.3 is 10.6 Å². The molecule has 1 aromatic carbocycles. The van der Waals surface area contributed by atoms with Crippen molar-refractivity contribution in [2.45, 2.75) is 6.54 Å². The SMILES string of the molecule is N#Cc1cccc(Nc2cnc(C(=O)NCc3ccncc3)cn2)c1. The number of hydrogen-bond donors (Lipinski definition) is 2. The van der Waals surface area contributed by atoms with Crippen LogP contribution in [0.4, 0.5) is 11.5 Å². The van der Waals surface area contributed by atoms with Crippen LogP contribution in [0.1, 0.15) is 21.6 Å². The minimum atomic E-state index is -0.303. The minimum absolute atomic E-state index is 0.227. The van der Waals surface area contributed by atoms with Crippen molar-refractivity contribution in [1.29, 1.82) is 5.26 Å². The quantitative estimate of drug-likeness (QED) is 0.744. The standard InChI is InChI=1S/C18H14N6O/c19-9-14-2-1-3-15(8-14)24-17-12-21-16(11-22-17)18(25)23-10-13-4-6-20-7-5-13/h1-8,11-12H,10H2,(H,22,24)(H,23,25). The largest absolute Gasteiger partial charge is 0.347 e. The van der Waals surface area contributed by atoms with E-state index in [1.165, 1.54) is 12.4 Å². The molecule has 3 aromatic rings. The zero-order valence-corrected chi connectivity index (χ0v) is 13.2. The summed E-state index contributed by atoms with van der Waals surface area (Å²) in [6.07, 6.45) is 6.21. The first-order valence-corrected chi connectivity index (χ1v) is 7.51. The van der Waals surface area contributed by atoms with E-state index in [4.69, 9.17) is 5.26 Å². The molecule has 25 heavy (non-hydrogen) atoms. The van der Waals surface area contributed by atoms with Crippen molar-refractivity contribution in [2.24, 2.45) is 0 Å². The van der Waals surface area contributed by atoms with Gasteiger partial charge in [-0.25, -0.2) is 9.97 Å². The molecule has 2 aromatic heterocycles. The highest BCUT2D eigenvalue weighted by Gasteiger charge is 2.08. The number of nitrogens with one attached hydrogen (secondary N) is 2. The van der Waals surface area contributed by atoms with E-state index in [0.717, 1.165) is 11.3 Å². The van der Waals surface area contributed by atoms with Crippen LogP contribution in [0.5, 0.6) is 0 Å². The van der Waals surface area contributed by atoms with E-state index in [1.54, 1.807) is 30.6 Å². The fraction of sp³-hybridized carbons (Fsp3) is 0.0556. The summed E-state index contributed by atoms with van der Waals surface area (Å²) in [6.45, 7) is 0.393. The third kappa shape index (κ3) is 4.36. The number of carbonyl (C=O) groups is 1. The summed E-state index contributed by atoms with van der Waals surface area (Å²) in [4.78, 5) is 24.3. The van der Waals surface area contributed by atoms with Gasteiger partial charge in [0.25, 0.3) is 5.91 Å². The van der Waals surface area contributed by atoms with E-state index in [9.17, 15) is 4.79 Å². The third-order valence-corrected chi connectivity index (χ3v) is 3.35. The Balaban J connectivity index is 1.61. The fourth-order valence-electron chi connectivity index (χ4n) is 2.10. The summed E-state index contributed by atoms with van der Waals surface area (Å²) in [6, 6.07) is 12.7. The van der Waals surface area contributed by atoms with Gasteiger partial charge in [0, 0.05) is 24.6 Å². The van der Waals surface area contributed by atoms with Gasteiger partial charge in [-0.05, 0) is 35.9 Å². The predicted molar refractivity (Wildman–Crippen MR) is 91.9 cm³/mol. The molecule has 2 heterocycles. The molecule has 0 spiro atoms. The molecule has 0 fully saturated rings. The van der Waals surface area contributed by atoms with E-state index in [2.05, 4.69) is 31.7 Å². The zero-order chi connectivity index (χ0) is 17.5. The lowest BCUT2D eigenvalue weighted by atomic mass is 10.2. The van der Waals surface area contributed by atoms with Gasteiger partial charge in [0.1, 0.15) is 11.5 Å². The molecule has 7 heteroatoms. The third-order valence-electron chi connectivity index (χ3n) is 3.35. The number of aromatic nitrogens is 3. The molecule has 0 bridgehead atoms. The minimum Gasteiger partial charge on any atom is -0.347 e. The predicted octanol–water partition coefficient (Wildman–Crippen LogP) is 2.42. The molecular weight excluding hydrogens is 316 g/mol. The van der Waals surface area contributed by atoms with Crippen LogP contribution in [0.2, 0.25) is 0 Å². The number of amides is 1. The molecule has 3 rings (SSSR count). The molecular formula is C18H14N6O. The van der Waals surface area contributed by atoms with Crippen molar-refractivity contribution < 1.29 is 4.79 Å². The summed E-state index contributed by atoms with van der Waals surface area (Å²) >= 11 is 0. The van der Waals surface area contributed by atoms with Gasteiger partial charge in [-0.2, -0.15) is 5.26 Å². The lowest BCUT2D eigenvalue weighted by molar-refractivity contribution is 0.0945. The van der Waals surface area contributed by atoms with E-state index in [0.29, 0.717) is 17.9 Å². The van der Waals surface area contributed by atoms with Gasteiger partial charge in [-0.3, -0.25) is 9.78 Å². The summed E-state index contributed by atoms with van der Waals surface area (Å²) < 4.78 is 0. The highest BCUT2D eigenvalue weighted by molar-refractivity contribution is 5.92. The topological polar surface area (TPSA) is 104 Å². The molecule has 122 valence electrons. The molecule has 0 saturated heterocycles. The molecule has 0 aliphatic carbocycles. The molecule has 0 aliphatic heterocycles. The molecule has 1 amide bonds. The van der Waals surface area contributed by atoms with Gasteiger partial charge in [0.15, 0.2) is 0 Å². The van der Waals surface area contributed by atoms with E-state index >= 15 is 0 Å². The average Bonchev–Trinajstić information content (AvgIpc) is 2.67. The first kappa shape index (κ1) is 16.1. The molecule has 0 saturated carbocycles. The Labute approximate surface area is 144 Å². The molecule has 7 nitrogen and oxygen atoms in total. The molecule has 0 atom stereocenters. The van der Waals surface area contributed by atoms with Crippen LogP contribution in [0, 0.1) is 11.3 Å². The monoisotopic (exact) mass is 330 g/mol. The summed E-state index contributed by atoms with van der Waals surface area (Å²) in [5.74, 6) is 0.183. The average molecular weight is 330 g/mol. The van der Waals surface area contributed by atoms with Crippen molar-refractivity contribution in [2.75, 3.05) is 5.32 Å². The lowest BCUT2D eigenvalue weighted by Crippen LogP contribution is -2.24. The summed E-state index contributed by atoms with van der Waals surface area (Å²) in [5, 5.41) is 14.7. The van der Waals surface area contributed by atoms with Gasteiger partial charge in [0.2, 0.25) is 0 Å². The smallest absolute Gasteiger partial charge is 0.271 e. The van der Waals surface area contributed by atoms with Crippen molar-refractivity contribution in [3.8, 4) is 6.07 Å². The Bertz CT molecular complexity index is 903. The Morgan fingerprint density at radius 3 is 2.68 bits per heavy atom. The molecule has 0 radical (unpaired) electrons. The number of hydrogen-bond acceptors (Lipinski definition) is 6. The van der Waals surface area contributed by atoms with Crippen LogP contribution in [0.15, 0.2) is 61.2 Å². The van der Waals surface area contributed by atoms with Crippen LogP contribution in [0.3, 0.4) is 0 Å². The van der Waals surface area contributed by atoms with Gasteiger partial charge >= 0.3 is 0 Å². The Kier molecular flexibility index (Phi) is 4.93. The molecule has 0 aliphatic rings. The van der Waals surface area contributed by atoms with Crippen molar-refractivity contribution in [1.82, 2.24) is 20.3 Å². The number of pyridine rings is 1. The number of anilines is 2. The maximum Gasteiger partial charge on any atom is 0.271 e. The van der Waals surface area contributed by atoms with E-state index < -0.39 is 0 Å². The van der Waals surface area contributed by atoms with E-state index in [-0.39, 0.29) is 11.6 Å². The summed E-state index contributed by atoms with van der Waals surface area (Å²) in [7, 11) is 0. The van der Waals surface area contributed by atoms with Crippen molar-refractivity contribution in [3.05, 3.63) is 78.0 Å². The lowest BCUT2D eigenvalue weighted by Gasteiger charge is -2.07. The van der Waals surface area contributed by atoms with Crippen molar-refractivity contribution >= 4 is 17.4 Å². The fourth-order valence-corrected chi connectivity index (χ4v) is 2.10. The first-order chi connectivity index (χ1) is 12.2. The Morgan fingerprint density at radius 2 is 1.96 bits per heavy atom. The van der Waals surface area contributed by atoms with Crippen LogP contribution < -0.4 is 10.6 Å². The highest BCUT2D eigenvalue weighted by atomic mass is 16.1. The highest BCUT2D eigenvalue weighted by Crippen LogP contribution is 2.15. The Hall–Kier alpha value is -3.79. The van der Waals surface area contributed by atoms with Crippen LogP contribution in [0.25, 0.3) is 0 Å². The number of nitrogens with zero attached hydrogens (tertiary/aromatic N) is 4. The normalized spacial score (nSPS) is 9.88. The second-order valence-electron chi connectivity index (χ2n) is 5.14. The van der Waals surface area contributed by atoms with Crippen LogP contribution in [-0.4, -0.2) is 20.9 Å². The van der Waals surface area contributed by atoms with Gasteiger partial charge in [-0.15, -0.1) is 0 Å². The number of carbonyl (C=O) groups excluding carboxylic acids is 1. The second-order valence-corrected chi connectivity index (χ2v) is 5.14.